The van der Waals surface area contributed by atoms with Crippen molar-refractivity contribution < 1.29 is 4.79 Å². The fourth-order valence-electron chi connectivity index (χ4n) is 1.47. The van der Waals surface area contributed by atoms with E-state index < -0.39 is 5.91 Å². The van der Waals surface area contributed by atoms with Gasteiger partial charge in [0.25, 0.3) is 5.91 Å². The molecule has 2 aromatic heterocycles. The predicted octanol–water partition coefficient (Wildman–Crippen LogP) is 2.56. The molecule has 0 bridgehead atoms. The minimum Gasteiger partial charge on any atom is -0.364 e. The van der Waals surface area contributed by atoms with Crippen molar-refractivity contribution in [2.45, 2.75) is 20.3 Å². The molecule has 0 aromatic carbocycles. The molecule has 2 aromatic rings. The molecule has 2 rings (SSSR count). The van der Waals surface area contributed by atoms with Gasteiger partial charge in [0.05, 0.1) is 0 Å². The second-order valence-electron chi connectivity index (χ2n) is 4.09. The number of hydrogen-bond acceptors (Lipinski definition) is 5. The number of nitrogens with zero attached hydrogens (tertiary/aromatic N) is 2. The maximum absolute atomic E-state index is 11.3. The summed E-state index contributed by atoms with van der Waals surface area (Å²) in [6.07, 6.45) is 2.55. The van der Waals surface area contributed by atoms with Gasteiger partial charge in [-0.3, -0.25) is 4.79 Å². The quantitative estimate of drug-likeness (QED) is 0.925. The van der Waals surface area contributed by atoms with Crippen LogP contribution in [0.1, 0.15) is 29.2 Å². The molecule has 0 fully saturated rings. The van der Waals surface area contributed by atoms with Crippen LogP contribution in [-0.2, 0) is 6.42 Å². The minimum atomic E-state index is -0.459. The Balaban J connectivity index is 2.41. The van der Waals surface area contributed by atoms with Crippen molar-refractivity contribution in [2.24, 2.45) is 11.7 Å². The Bertz CT molecular complexity index is 517. The first-order valence-electron chi connectivity index (χ1n) is 5.27. The molecule has 6 heteroatoms. The number of primary amides is 1. The van der Waals surface area contributed by atoms with Gasteiger partial charge >= 0.3 is 0 Å². The van der Waals surface area contributed by atoms with Crippen LogP contribution in [0.25, 0.3) is 10.0 Å². The third-order valence-electron chi connectivity index (χ3n) is 2.14. The number of aromatic nitrogens is 2. The van der Waals surface area contributed by atoms with Crippen molar-refractivity contribution in [3.8, 4) is 10.0 Å². The number of carbonyl (C=O) groups is 1. The first-order valence-corrected chi connectivity index (χ1v) is 6.97. The number of carbonyl (C=O) groups excluding carboxylic acids is 1. The normalized spacial score (nSPS) is 11.0. The molecule has 1 amide bonds. The largest absolute Gasteiger partial charge is 0.364 e. The lowest BCUT2D eigenvalue weighted by Crippen LogP contribution is -2.14. The van der Waals surface area contributed by atoms with Crippen LogP contribution in [0.5, 0.6) is 0 Å². The van der Waals surface area contributed by atoms with Gasteiger partial charge in [0.2, 0.25) is 0 Å². The van der Waals surface area contributed by atoms with E-state index in [4.69, 9.17) is 5.73 Å². The van der Waals surface area contributed by atoms with Crippen LogP contribution in [-0.4, -0.2) is 15.9 Å². The maximum atomic E-state index is 11.3. The number of rotatable bonds is 4. The molecule has 4 nitrogen and oxygen atoms in total. The second kappa shape index (κ2) is 4.93. The molecule has 17 heavy (non-hydrogen) atoms. The first kappa shape index (κ1) is 12.2. The van der Waals surface area contributed by atoms with E-state index in [1.165, 1.54) is 22.7 Å². The molecule has 0 atom stereocenters. The lowest BCUT2D eigenvalue weighted by Gasteiger charge is -2.01. The fourth-order valence-corrected chi connectivity index (χ4v) is 3.43. The third-order valence-corrected chi connectivity index (χ3v) is 4.13. The molecule has 0 spiro atoms. The van der Waals surface area contributed by atoms with Gasteiger partial charge in [-0.15, -0.1) is 22.7 Å². The van der Waals surface area contributed by atoms with Gasteiger partial charge in [-0.25, -0.2) is 9.97 Å². The Morgan fingerprint density at radius 3 is 2.76 bits per heavy atom. The number of hydrogen-bond donors (Lipinski definition) is 1. The van der Waals surface area contributed by atoms with Gasteiger partial charge in [-0.05, 0) is 12.3 Å². The molecule has 0 aliphatic carbocycles. The van der Waals surface area contributed by atoms with E-state index in [0.29, 0.717) is 11.6 Å². The maximum Gasteiger partial charge on any atom is 0.268 e. The zero-order chi connectivity index (χ0) is 12.4. The molecule has 0 aliphatic rings. The van der Waals surface area contributed by atoms with E-state index in [1.807, 2.05) is 5.38 Å². The Labute approximate surface area is 108 Å². The summed E-state index contributed by atoms with van der Waals surface area (Å²) in [5, 5.41) is 3.51. The van der Waals surface area contributed by atoms with Crippen LogP contribution in [0.2, 0.25) is 0 Å². The van der Waals surface area contributed by atoms with E-state index in [2.05, 4.69) is 23.8 Å². The summed E-state index contributed by atoms with van der Waals surface area (Å²) in [5.74, 6) is 0.0115. The smallest absolute Gasteiger partial charge is 0.268 e. The van der Waals surface area contributed by atoms with Crippen LogP contribution < -0.4 is 5.73 Å². The molecule has 0 saturated heterocycles. The van der Waals surface area contributed by atoms with Gasteiger partial charge in [0.1, 0.15) is 5.69 Å². The van der Waals surface area contributed by atoms with Crippen molar-refractivity contribution in [3.63, 3.8) is 0 Å². The van der Waals surface area contributed by atoms with Crippen molar-refractivity contribution >= 4 is 28.6 Å². The van der Waals surface area contributed by atoms with Crippen LogP contribution in [0.4, 0.5) is 0 Å². The second-order valence-corrected chi connectivity index (χ2v) is 6.07. The van der Waals surface area contributed by atoms with Gasteiger partial charge in [0, 0.05) is 16.5 Å². The molecule has 90 valence electrons. The molecular weight excluding hydrogens is 254 g/mol. The molecule has 2 heterocycles. The average molecular weight is 267 g/mol. The highest BCUT2D eigenvalue weighted by Gasteiger charge is 2.18. The van der Waals surface area contributed by atoms with E-state index in [1.54, 1.807) is 6.20 Å². The van der Waals surface area contributed by atoms with Crippen molar-refractivity contribution in [2.75, 3.05) is 0 Å². The van der Waals surface area contributed by atoms with E-state index in [0.717, 1.165) is 21.3 Å². The standard InChI is InChI=1S/C11H13N3OS2/c1-6(2)5-7-8(9(12)15)14-11(17-7)10-13-3-4-16-10/h3-4,6H,5H2,1-2H3,(H2,12,15). The predicted molar refractivity (Wildman–Crippen MR) is 70.3 cm³/mol. The summed E-state index contributed by atoms with van der Waals surface area (Å²) in [6.45, 7) is 4.21. The Kier molecular flexibility index (Phi) is 3.54. The van der Waals surface area contributed by atoms with E-state index in [-0.39, 0.29) is 0 Å². The summed E-state index contributed by atoms with van der Waals surface area (Å²) >= 11 is 3.02. The summed E-state index contributed by atoms with van der Waals surface area (Å²) in [7, 11) is 0. The Morgan fingerprint density at radius 2 is 2.24 bits per heavy atom. The highest BCUT2D eigenvalue weighted by molar-refractivity contribution is 7.20. The lowest BCUT2D eigenvalue weighted by molar-refractivity contribution is 0.0995. The van der Waals surface area contributed by atoms with Gasteiger partial charge in [-0.1, -0.05) is 13.8 Å². The Morgan fingerprint density at radius 1 is 1.47 bits per heavy atom. The fraction of sp³-hybridized carbons (Fsp3) is 0.364. The number of nitrogens with two attached hydrogens (primary N) is 1. The van der Waals surface area contributed by atoms with Gasteiger partial charge in [-0.2, -0.15) is 0 Å². The summed E-state index contributed by atoms with van der Waals surface area (Å²) in [6, 6.07) is 0. The molecule has 0 unspecified atom stereocenters. The van der Waals surface area contributed by atoms with Crippen LogP contribution in [0, 0.1) is 5.92 Å². The monoisotopic (exact) mass is 267 g/mol. The highest BCUT2D eigenvalue weighted by Crippen LogP contribution is 2.30. The van der Waals surface area contributed by atoms with Crippen LogP contribution >= 0.6 is 22.7 Å². The van der Waals surface area contributed by atoms with E-state index in [9.17, 15) is 4.79 Å². The third kappa shape index (κ3) is 2.70. The van der Waals surface area contributed by atoms with Crippen LogP contribution in [0.3, 0.4) is 0 Å². The van der Waals surface area contributed by atoms with Crippen molar-refractivity contribution in [3.05, 3.63) is 22.1 Å². The first-order chi connectivity index (χ1) is 8.08. The molecule has 0 saturated carbocycles. The van der Waals surface area contributed by atoms with Crippen molar-refractivity contribution in [1.82, 2.24) is 9.97 Å². The van der Waals surface area contributed by atoms with Crippen LogP contribution in [0.15, 0.2) is 11.6 Å². The number of thiazole rings is 2. The van der Waals surface area contributed by atoms with Gasteiger partial charge < -0.3 is 5.73 Å². The van der Waals surface area contributed by atoms with Gasteiger partial charge in [0.15, 0.2) is 10.0 Å². The summed E-state index contributed by atoms with van der Waals surface area (Å²) in [4.78, 5) is 20.8. The Hall–Kier alpha value is -1.27. The highest BCUT2D eigenvalue weighted by atomic mass is 32.1. The molecule has 0 aliphatic heterocycles. The molecule has 2 N–H and O–H groups in total. The lowest BCUT2D eigenvalue weighted by atomic mass is 10.1. The van der Waals surface area contributed by atoms with E-state index >= 15 is 0 Å². The topological polar surface area (TPSA) is 68.9 Å². The number of amides is 1. The van der Waals surface area contributed by atoms with Crippen molar-refractivity contribution in [1.29, 1.82) is 0 Å². The minimum absolute atomic E-state index is 0.397. The SMILES string of the molecule is CC(C)Cc1sc(-c2nccs2)nc1C(N)=O. The average Bonchev–Trinajstić information content (AvgIpc) is 2.82. The molecular formula is C11H13N3OS2. The summed E-state index contributed by atoms with van der Waals surface area (Å²) in [5.41, 5.74) is 5.74. The zero-order valence-electron chi connectivity index (χ0n) is 9.64. The summed E-state index contributed by atoms with van der Waals surface area (Å²) < 4.78 is 0. The zero-order valence-corrected chi connectivity index (χ0v) is 11.3. The molecule has 0 radical (unpaired) electrons.